The van der Waals surface area contributed by atoms with Gasteiger partial charge in [-0.2, -0.15) is 0 Å². The lowest BCUT2D eigenvalue weighted by Gasteiger charge is -2.21. The molecule has 1 aliphatic rings. The standard InChI is InChI=1S/C22H20N4O3/c1-12-14-7-10-26(20-16-8-11-29-18(16)6-9-23-20)17(14)5-4-15(12)19-13(2)21(27)24-22(28)25(19)3/h4-6,8-9,11H,7,10H2,1-3H3,(H,24,27,28). The van der Waals surface area contributed by atoms with E-state index in [1.807, 2.05) is 18.2 Å². The summed E-state index contributed by atoms with van der Waals surface area (Å²) in [6.07, 6.45) is 4.30. The molecule has 1 aromatic carbocycles. The summed E-state index contributed by atoms with van der Waals surface area (Å²) in [5.74, 6) is 0.877. The quantitative estimate of drug-likeness (QED) is 0.570. The van der Waals surface area contributed by atoms with Crippen LogP contribution in [0.1, 0.15) is 16.7 Å². The van der Waals surface area contributed by atoms with Crippen molar-refractivity contribution < 1.29 is 4.42 Å². The van der Waals surface area contributed by atoms with Crippen LogP contribution in [0.2, 0.25) is 0 Å². The van der Waals surface area contributed by atoms with E-state index >= 15 is 0 Å². The van der Waals surface area contributed by atoms with E-state index in [9.17, 15) is 9.59 Å². The van der Waals surface area contributed by atoms with Crippen molar-refractivity contribution in [2.75, 3.05) is 11.4 Å². The Morgan fingerprint density at radius 3 is 2.76 bits per heavy atom. The van der Waals surface area contributed by atoms with Crippen LogP contribution in [0.3, 0.4) is 0 Å². The second kappa shape index (κ2) is 6.20. The first-order chi connectivity index (χ1) is 14.0. The molecule has 0 unspecified atom stereocenters. The smallest absolute Gasteiger partial charge is 0.328 e. The van der Waals surface area contributed by atoms with Gasteiger partial charge in [-0.15, -0.1) is 0 Å². The third kappa shape index (κ3) is 2.47. The van der Waals surface area contributed by atoms with Gasteiger partial charge in [-0.25, -0.2) is 9.78 Å². The van der Waals surface area contributed by atoms with E-state index in [0.29, 0.717) is 11.3 Å². The van der Waals surface area contributed by atoms with Crippen LogP contribution in [0.15, 0.2) is 50.7 Å². The fourth-order valence-corrected chi connectivity index (χ4v) is 4.34. The first-order valence-electron chi connectivity index (χ1n) is 9.50. The molecule has 1 aliphatic heterocycles. The molecule has 4 heterocycles. The molecule has 146 valence electrons. The Hall–Kier alpha value is -3.61. The highest BCUT2D eigenvalue weighted by Crippen LogP contribution is 2.41. The molecule has 3 aromatic heterocycles. The van der Waals surface area contributed by atoms with E-state index in [2.05, 4.69) is 27.9 Å². The van der Waals surface area contributed by atoms with Gasteiger partial charge in [-0.1, -0.05) is 6.07 Å². The Balaban J connectivity index is 1.69. The maximum Gasteiger partial charge on any atom is 0.328 e. The van der Waals surface area contributed by atoms with Crippen LogP contribution in [0, 0.1) is 13.8 Å². The molecule has 0 saturated heterocycles. The van der Waals surface area contributed by atoms with E-state index in [1.165, 1.54) is 10.1 Å². The van der Waals surface area contributed by atoms with Gasteiger partial charge in [0.2, 0.25) is 0 Å². The van der Waals surface area contributed by atoms with Gasteiger partial charge in [0, 0.05) is 36.6 Å². The molecule has 5 rings (SSSR count). The predicted molar refractivity (Wildman–Crippen MR) is 112 cm³/mol. The zero-order valence-electron chi connectivity index (χ0n) is 16.4. The van der Waals surface area contributed by atoms with Gasteiger partial charge in [0.25, 0.3) is 5.56 Å². The Labute approximate surface area is 166 Å². The first kappa shape index (κ1) is 17.5. The minimum absolute atomic E-state index is 0.347. The molecule has 0 atom stereocenters. The Bertz CT molecular complexity index is 1360. The number of fused-ring (bicyclic) bond motifs is 2. The van der Waals surface area contributed by atoms with Crippen LogP contribution in [0.25, 0.3) is 22.2 Å². The van der Waals surface area contributed by atoms with Crippen LogP contribution in [-0.4, -0.2) is 21.1 Å². The maximum atomic E-state index is 12.2. The first-order valence-corrected chi connectivity index (χ1v) is 9.50. The molecule has 4 aromatic rings. The molecule has 29 heavy (non-hydrogen) atoms. The molecule has 1 N–H and O–H groups in total. The molecule has 0 amide bonds. The van der Waals surface area contributed by atoms with Crippen LogP contribution in [0.5, 0.6) is 0 Å². The molecular formula is C22H20N4O3. The van der Waals surface area contributed by atoms with Gasteiger partial charge < -0.3 is 9.32 Å². The zero-order valence-corrected chi connectivity index (χ0v) is 16.4. The lowest BCUT2D eigenvalue weighted by atomic mass is 9.96. The van der Waals surface area contributed by atoms with Gasteiger partial charge >= 0.3 is 5.69 Å². The van der Waals surface area contributed by atoms with Crippen LogP contribution >= 0.6 is 0 Å². The number of furan rings is 1. The molecule has 7 heteroatoms. The average molecular weight is 388 g/mol. The normalized spacial score (nSPS) is 13.3. The highest BCUT2D eigenvalue weighted by Gasteiger charge is 2.27. The van der Waals surface area contributed by atoms with Crippen LogP contribution in [0.4, 0.5) is 11.5 Å². The van der Waals surface area contributed by atoms with Crippen molar-refractivity contribution in [1.29, 1.82) is 0 Å². The summed E-state index contributed by atoms with van der Waals surface area (Å²) in [6, 6.07) is 7.84. The van der Waals surface area contributed by atoms with E-state index in [1.54, 1.807) is 26.4 Å². The van der Waals surface area contributed by atoms with Crippen molar-refractivity contribution in [3.8, 4) is 11.3 Å². The number of rotatable bonds is 2. The molecule has 0 bridgehead atoms. The summed E-state index contributed by atoms with van der Waals surface area (Å²) in [4.78, 5) is 33.5. The summed E-state index contributed by atoms with van der Waals surface area (Å²) in [6.45, 7) is 4.61. The number of hydrogen-bond donors (Lipinski definition) is 1. The number of benzene rings is 1. The molecule has 0 saturated carbocycles. The predicted octanol–water partition coefficient (Wildman–Crippen LogP) is 3.19. The van der Waals surface area contributed by atoms with Gasteiger partial charge in [0.15, 0.2) is 0 Å². The Morgan fingerprint density at radius 1 is 1.10 bits per heavy atom. The summed E-state index contributed by atoms with van der Waals surface area (Å²) < 4.78 is 7.03. The van der Waals surface area contributed by atoms with Crippen molar-refractivity contribution >= 4 is 22.5 Å². The third-order valence-electron chi connectivity index (χ3n) is 5.88. The van der Waals surface area contributed by atoms with Gasteiger partial charge in [0.05, 0.1) is 17.3 Å². The molecular weight excluding hydrogens is 368 g/mol. The number of pyridine rings is 1. The lowest BCUT2D eigenvalue weighted by Crippen LogP contribution is -2.31. The molecule has 0 fully saturated rings. The zero-order chi connectivity index (χ0) is 20.3. The summed E-state index contributed by atoms with van der Waals surface area (Å²) in [5, 5.41) is 0.981. The second-order valence-electron chi connectivity index (χ2n) is 7.40. The fraction of sp³-hybridized carbons (Fsp3) is 0.227. The molecule has 0 radical (unpaired) electrons. The van der Waals surface area contributed by atoms with Crippen LogP contribution < -0.4 is 16.1 Å². The van der Waals surface area contributed by atoms with E-state index in [4.69, 9.17) is 4.42 Å². The highest BCUT2D eigenvalue weighted by molar-refractivity contribution is 5.92. The lowest BCUT2D eigenvalue weighted by molar-refractivity contribution is 0.615. The van der Waals surface area contributed by atoms with Gasteiger partial charge in [-0.05, 0) is 49.6 Å². The Kier molecular flexibility index (Phi) is 3.74. The minimum atomic E-state index is -0.409. The largest absolute Gasteiger partial charge is 0.464 e. The summed E-state index contributed by atoms with van der Waals surface area (Å²) >= 11 is 0. The van der Waals surface area contributed by atoms with Gasteiger partial charge in [-0.3, -0.25) is 14.3 Å². The molecule has 7 nitrogen and oxygen atoms in total. The third-order valence-corrected chi connectivity index (χ3v) is 5.88. The van der Waals surface area contributed by atoms with Crippen LogP contribution in [-0.2, 0) is 13.5 Å². The minimum Gasteiger partial charge on any atom is -0.464 e. The van der Waals surface area contributed by atoms with Crippen molar-refractivity contribution in [3.05, 3.63) is 74.3 Å². The number of H-pyrrole nitrogens is 1. The number of nitrogens with one attached hydrogen (secondary N) is 1. The highest BCUT2D eigenvalue weighted by atomic mass is 16.3. The SMILES string of the molecule is Cc1c(-c2c(C)c(=O)[nH]c(=O)n2C)ccc2c1CCN2c1nccc2occc12. The van der Waals surface area contributed by atoms with Crippen molar-refractivity contribution in [2.24, 2.45) is 7.05 Å². The Morgan fingerprint density at radius 2 is 1.93 bits per heavy atom. The van der Waals surface area contributed by atoms with E-state index in [0.717, 1.165) is 46.6 Å². The number of aromatic amines is 1. The average Bonchev–Trinajstić information content (AvgIpc) is 3.35. The number of hydrogen-bond acceptors (Lipinski definition) is 5. The topological polar surface area (TPSA) is 84.1 Å². The maximum absolute atomic E-state index is 12.2. The molecule has 0 aliphatic carbocycles. The number of aromatic nitrogens is 3. The fourth-order valence-electron chi connectivity index (χ4n) is 4.34. The number of nitrogens with zero attached hydrogens (tertiary/aromatic N) is 3. The van der Waals surface area contributed by atoms with Crippen molar-refractivity contribution in [1.82, 2.24) is 14.5 Å². The second-order valence-corrected chi connectivity index (χ2v) is 7.40. The van der Waals surface area contributed by atoms with Crippen molar-refractivity contribution in [2.45, 2.75) is 20.3 Å². The monoisotopic (exact) mass is 388 g/mol. The summed E-state index contributed by atoms with van der Waals surface area (Å²) in [5.41, 5.74) is 5.54. The molecule has 0 spiro atoms. The summed E-state index contributed by atoms with van der Waals surface area (Å²) in [7, 11) is 1.68. The van der Waals surface area contributed by atoms with E-state index < -0.39 is 5.69 Å². The number of anilines is 2. The van der Waals surface area contributed by atoms with Gasteiger partial charge in [0.1, 0.15) is 11.4 Å². The van der Waals surface area contributed by atoms with E-state index in [-0.39, 0.29) is 5.56 Å². The van der Waals surface area contributed by atoms with Crippen molar-refractivity contribution in [3.63, 3.8) is 0 Å².